The Kier molecular flexibility index (Phi) is 6.52. The van der Waals surface area contributed by atoms with Crippen LogP contribution in [-0.4, -0.2) is 26.0 Å². The lowest BCUT2D eigenvalue weighted by molar-refractivity contribution is -0.116. The van der Waals surface area contributed by atoms with Crippen molar-refractivity contribution in [1.82, 2.24) is 4.57 Å². The van der Waals surface area contributed by atoms with Crippen LogP contribution >= 0.6 is 11.6 Å². The number of aromatic nitrogens is 1. The number of ether oxygens (including phenoxy) is 1. The van der Waals surface area contributed by atoms with Crippen LogP contribution in [0.3, 0.4) is 0 Å². The number of pyridine rings is 1. The van der Waals surface area contributed by atoms with Gasteiger partial charge >= 0.3 is 0 Å². The zero-order valence-corrected chi connectivity index (χ0v) is 18.8. The Morgan fingerprint density at radius 1 is 1.10 bits per heavy atom. The van der Waals surface area contributed by atoms with Crippen molar-refractivity contribution in [3.05, 3.63) is 81.2 Å². The number of amides is 1. The monoisotopic (exact) mass is 460 g/mol. The van der Waals surface area contributed by atoms with Gasteiger partial charge in [0.2, 0.25) is 15.7 Å². The molecule has 0 fully saturated rings. The van der Waals surface area contributed by atoms with Crippen LogP contribution in [0.5, 0.6) is 5.75 Å². The first-order chi connectivity index (χ1) is 14.6. The smallest absolute Gasteiger partial charge is 0.270 e. The largest absolute Gasteiger partial charge is 0.497 e. The normalized spacial score (nSPS) is 11.2. The maximum Gasteiger partial charge on any atom is 0.270 e. The van der Waals surface area contributed by atoms with Crippen molar-refractivity contribution >= 4 is 33.0 Å². The average molecular weight is 461 g/mol. The number of anilines is 1. The maximum atomic E-state index is 13.2. The molecule has 0 saturated carbocycles. The van der Waals surface area contributed by atoms with E-state index in [0.29, 0.717) is 27.7 Å². The fourth-order valence-electron chi connectivity index (χ4n) is 3.21. The van der Waals surface area contributed by atoms with Gasteiger partial charge in [0.15, 0.2) is 0 Å². The van der Waals surface area contributed by atoms with E-state index in [1.165, 1.54) is 31.4 Å². The number of hydrogen-bond acceptors (Lipinski definition) is 5. The van der Waals surface area contributed by atoms with Gasteiger partial charge in [-0.25, -0.2) is 8.42 Å². The molecule has 3 aromatic rings. The van der Waals surface area contributed by atoms with E-state index in [1.807, 2.05) is 0 Å². The molecule has 1 amide bonds. The highest BCUT2D eigenvalue weighted by Gasteiger charge is 2.26. The van der Waals surface area contributed by atoms with Crippen molar-refractivity contribution in [2.75, 3.05) is 12.4 Å². The average Bonchev–Trinajstić information content (AvgIpc) is 2.71. The molecule has 0 atom stereocenters. The van der Waals surface area contributed by atoms with Crippen molar-refractivity contribution in [2.45, 2.75) is 30.2 Å². The summed E-state index contributed by atoms with van der Waals surface area (Å²) in [5.74, 6) is 0.0128. The number of aryl methyl sites for hydroxylation is 2. The predicted molar refractivity (Wildman–Crippen MR) is 119 cm³/mol. The third kappa shape index (κ3) is 4.81. The summed E-state index contributed by atoms with van der Waals surface area (Å²) in [6.07, 6.45) is 0. The summed E-state index contributed by atoms with van der Waals surface area (Å²) in [6, 6.07) is 13.9. The minimum absolute atomic E-state index is 0.0349. The van der Waals surface area contributed by atoms with Gasteiger partial charge in [-0.3, -0.25) is 9.59 Å². The second-order valence-corrected chi connectivity index (χ2v) is 9.25. The molecule has 3 rings (SSSR count). The first-order valence-electron chi connectivity index (χ1n) is 9.29. The lowest BCUT2D eigenvalue weighted by atomic mass is 10.2. The molecule has 0 radical (unpaired) electrons. The molecule has 1 heterocycles. The Morgan fingerprint density at radius 2 is 1.77 bits per heavy atom. The third-order valence-electron chi connectivity index (χ3n) is 4.70. The summed E-state index contributed by atoms with van der Waals surface area (Å²) < 4.78 is 32.6. The van der Waals surface area contributed by atoms with Gasteiger partial charge < -0.3 is 14.6 Å². The topological polar surface area (TPSA) is 94.5 Å². The maximum absolute atomic E-state index is 13.2. The summed E-state index contributed by atoms with van der Waals surface area (Å²) in [6.45, 7) is 2.86. The summed E-state index contributed by atoms with van der Waals surface area (Å²) >= 11 is 5.92. The van der Waals surface area contributed by atoms with Gasteiger partial charge in [-0.1, -0.05) is 17.7 Å². The Hall–Kier alpha value is -3.10. The number of hydrogen-bond donors (Lipinski definition) is 1. The Balaban J connectivity index is 1.99. The predicted octanol–water partition coefficient (Wildman–Crippen LogP) is 3.60. The second kappa shape index (κ2) is 8.95. The molecule has 0 aliphatic rings. The number of methoxy groups -OCH3 is 1. The van der Waals surface area contributed by atoms with E-state index in [1.54, 1.807) is 44.2 Å². The van der Waals surface area contributed by atoms with E-state index in [-0.39, 0.29) is 16.3 Å². The molecule has 0 spiro atoms. The zero-order valence-electron chi connectivity index (χ0n) is 17.2. The van der Waals surface area contributed by atoms with Crippen molar-refractivity contribution in [3.63, 3.8) is 0 Å². The number of nitrogens with zero attached hydrogens (tertiary/aromatic N) is 1. The molecule has 2 aromatic carbocycles. The molecular formula is C22H21ClN2O5S. The molecule has 7 nitrogen and oxygen atoms in total. The molecule has 9 heteroatoms. The number of carbonyl (C=O) groups is 1. The van der Waals surface area contributed by atoms with E-state index in [2.05, 4.69) is 5.32 Å². The fourth-order valence-corrected chi connectivity index (χ4v) is 4.96. The molecule has 0 aliphatic carbocycles. The number of carbonyl (C=O) groups excluding carboxylic acids is 1. The molecule has 0 aliphatic heterocycles. The van der Waals surface area contributed by atoms with E-state index < -0.39 is 21.3 Å². The highest BCUT2D eigenvalue weighted by atomic mass is 35.5. The van der Waals surface area contributed by atoms with E-state index in [0.717, 1.165) is 4.57 Å². The molecule has 31 heavy (non-hydrogen) atoms. The second-order valence-electron chi connectivity index (χ2n) is 6.93. The van der Waals surface area contributed by atoms with Crippen LogP contribution in [-0.2, 0) is 21.2 Å². The van der Waals surface area contributed by atoms with Gasteiger partial charge in [0.05, 0.1) is 12.0 Å². The molecule has 162 valence electrons. The van der Waals surface area contributed by atoms with E-state index >= 15 is 0 Å². The lowest BCUT2D eigenvalue weighted by Crippen LogP contribution is -2.33. The van der Waals surface area contributed by atoms with Gasteiger partial charge in [-0.2, -0.15) is 0 Å². The van der Waals surface area contributed by atoms with Crippen molar-refractivity contribution < 1.29 is 17.9 Å². The van der Waals surface area contributed by atoms with Crippen molar-refractivity contribution in [1.29, 1.82) is 0 Å². The van der Waals surface area contributed by atoms with Crippen LogP contribution in [0.25, 0.3) is 0 Å². The highest BCUT2D eigenvalue weighted by molar-refractivity contribution is 7.91. The van der Waals surface area contributed by atoms with E-state index in [9.17, 15) is 18.0 Å². The lowest BCUT2D eigenvalue weighted by Gasteiger charge is -2.15. The zero-order chi connectivity index (χ0) is 22.8. The third-order valence-corrected chi connectivity index (χ3v) is 6.86. The van der Waals surface area contributed by atoms with Crippen LogP contribution in [0.1, 0.15) is 11.3 Å². The SMILES string of the molecule is COc1ccc(S(=O)(=O)c2c(C)cc(C)n(CC(=O)Nc3cccc(Cl)c3)c2=O)cc1. The van der Waals surface area contributed by atoms with Crippen molar-refractivity contribution in [3.8, 4) is 5.75 Å². The molecule has 0 saturated heterocycles. The Labute approximate surface area is 185 Å². The number of rotatable bonds is 6. The first kappa shape index (κ1) is 22.6. The van der Waals surface area contributed by atoms with Crippen LogP contribution < -0.4 is 15.6 Å². The molecular weight excluding hydrogens is 440 g/mol. The number of sulfone groups is 1. The number of nitrogens with one attached hydrogen (secondary N) is 1. The van der Waals surface area contributed by atoms with Gasteiger partial charge in [-0.05, 0) is 67.9 Å². The van der Waals surface area contributed by atoms with Gasteiger partial charge in [0.1, 0.15) is 17.2 Å². The van der Waals surface area contributed by atoms with Crippen LogP contribution in [0.2, 0.25) is 5.02 Å². The van der Waals surface area contributed by atoms with Gasteiger partial charge in [0, 0.05) is 16.4 Å². The van der Waals surface area contributed by atoms with Crippen LogP contribution in [0.4, 0.5) is 5.69 Å². The summed E-state index contributed by atoms with van der Waals surface area (Å²) in [7, 11) is -2.63. The summed E-state index contributed by atoms with van der Waals surface area (Å²) in [5.41, 5.74) is 0.498. The minimum Gasteiger partial charge on any atom is -0.497 e. The molecule has 0 bridgehead atoms. The number of benzene rings is 2. The molecule has 0 unspecified atom stereocenters. The molecule has 1 aromatic heterocycles. The molecule has 1 N–H and O–H groups in total. The van der Waals surface area contributed by atoms with Crippen molar-refractivity contribution in [2.24, 2.45) is 0 Å². The Morgan fingerprint density at radius 3 is 2.39 bits per heavy atom. The van der Waals surface area contributed by atoms with Gasteiger partial charge in [0.25, 0.3) is 5.56 Å². The van der Waals surface area contributed by atoms with Gasteiger partial charge in [-0.15, -0.1) is 0 Å². The minimum atomic E-state index is -4.10. The van der Waals surface area contributed by atoms with E-state index in [4.69, 9.17) is 16.3 Å². The first-order valence-corrected chi connectivity index (χ1v) is 11.1. The summed E-state index contributed by atoms with van der Waals surface area (Å²) in [4.78, 5) is 25.3. The fraction of sp³-hybridized carbons (Fsp3) is 0.182. The Bertz CT molecular complexity index is 1300. The highest BCUT2D eigenvalue weighted by Crippen LogP contribution is 2.24. The quantitative estimate of drug-likeness (QED) is 0.606. The summed E-state index contributed by atoms with van der Waals surface area (Å²) in [5, 5.41) is 3.11. The van der Waals surface area contributed by atoms with Crippen LogP contribution in [0.15, 0.2) is 69.2 Å². The number of halogens is 1. The van der Waals surface area contributed by atoms with Crippen LogP contribution in [0, 0.1) is 13.8 Å². The standard InChI is InChI=1S/C22H21ClN2O5S/c1-14-11-15(2)25(13-20(26)24-17-6-4-5-16(23)12-17)22(27)21(14)31(28,29)19-9-7-18(30-3)8-10-19/h4-12H,13H2,1-3H3,(H,24,26).